The summed E-state index contributed by atoms with van der Waals surface area (Å²) in [7, 11) is 3.79. The predicted molar refractivity (Wildman–Crippen MR) is 68.1 cm³/mol. The molecular weight excluding hydrogens is 238 g/mol. The van der Waals surface area contributed by atoms with Gasteiger partial charge in [0, 0.05) is 20.3 Å². The van der Waals surface area contributed by atoms with E-state index in [0.29, 0.717) is 6.54 Å². The summed E-state index contributed by atoms with van der Waals surface area (Å²) in [4.78, 5) is 0. The lowest BCUT2D eigenvalue weighted by Gasteiger charge is -2.04. The molecule has 0 aliphatic heterocycles. The third kappa shape index (κ3) is 2.44. The zero-order chi connectivity index (χ0) is 12.4. The molecular formula is C11H16ClN5. The molecule has 2 heterocycles. The topological polar surface area (TPSA) is 47.7 Å². The molecule has 5 nitrogen and oxygen atoms in total. The summed E-state index contributed by atoms with van der Waals surface area (Å²) in [6.45, 7) is 2.70. The maximum atomic E-state index is 6.26. The Hall–Kier alpha value is -1.49. The van der Waals surface area contributed by atoms with Crippen LogP contribution in [0, 0.1) is 0 Å². The SMILES string of the molecule is CCc1nn(C)c(CNc2cnn(C)c2)c1Cl. The smallest absolute Gasteiger partial charge is 0.0868 e. The number of nitrogens with one attached hydrogen (secondary N) is 1. The number of aromatic nitrogens is 4. The molecule has 2 rings (SSSR count). The number of anilines is 1. The van der Waals surface area contributed by atoms with E-state index in [1.165, 1.54) is 0 Å². The fourth-order valence-electron chi connectivity index (χ4n) is 1.71. The lowest BCUT2D eigenvalue weighted by Crippen LogP contribution is -2.05. The Bertz CT molecular complexity index is 514. The molecule has 0 radical (unpaired) electrons. The van der Waals surface area contributed by atoms with Crippen LogP contribution in [0.2, 0.25) is 5.02 Å². The molecule has 0 amide bonds. The van der Waals surface area contributed by atoms with E-state index < -0.39 is 0 Å². The molecule has 0 saturated carbocycles. The first-order valence-electron chi connectivity index (χ1n) is 5.54. The molecule has 0 fully saturated rings. The van der Waals surface area contributed by atoms with E-state index in [4.69, 9.17) is 11.6 Å². The van der Waals surface area contributed by atoms with E-state index in [-0.39, 0.29) is 0 Å². The van der Waals surface area contributed by atoms with Crippen LogP contribution in [0.3, 0.4) is 0 Å². The van der Waals surface area contributed by atoms with Gasteiger partial charge in [-0.2, -0.15) is 10.2 Å². The van der Waals surface area contributed by atoms with Crippen molar-refractivity contribution < 1.29 is 0 Å². The van der Waals surface area contributed by atoms with Crippen LogP contribution >= 0.6 is 11.6 Å². The minimum absolute atomic E-state index is 0.647. The molecule has 0 atom stereocenters. The molecule has 0 aliphatic rings. The van der Waals surface area contributed by atoms with Gasteiger partial charge in [0.15, 0.2) is 0 Å². The average Bonchev–Trinajstić information content (AvgIpc) is 2.82. The standard InChI is InChI=1S/C11H16ClN5/c1-4-9-11(12)10(17(3)15-9)6-13-8-5-14-16(2)7-8/h5,7,13H,4,6H2,1-3H3. The van der Waals surface area contributed by atoms with E-state index in [0.717, 1.165) is 28.5 Å². The molecule has 0 unspecified atom stereocenters. The van der Waals surface area contributed by atoms with E-state index in [1.54, 1.807) is 10.9 Å². The van der Waals surface area contributed by atoms with Crippen molar-refractivity contribution >= 4 is 17.3 Å². The van der Waals surface area contributed by atoms with Crippen molar-refractivity contribution in [3.63, 3.8) is 0 Å². The van der Waals surface area contributed by atoms with Crippen molar-refractivity contribution in [3.8, 4) is 0 Å². The highest BCUT2D eigenvalue weighted by molar-refractivity contribution is 6.31. The molecule has 2 aromatic rings. The summed E-state index contributed by atoms with van der Waals surface area (Å²) in [5, 5.41) is 12.5. The van der Waals surface area contributed by atoms with Crippen molar-refractivity contribution in [2.24, 2.45) is 14.1 Å². The number of hydrogen-bond donors (Lipinski definition) is 1. The Morgan fingerprint density at radius 2 is 2.18 bits per heavy atom. The van der Waals surface area contributed by atoms with Crippen LogP contribution in [0.4, 0.5) is 5.69 Å². The van der Waals surface area contributed by atoms with Crippen LogP contribution in [0.5, 0.6) is 0 Å². The van der Waals surface area contributed by atoms with Crippen LogP contribution < -0.4 is 5.32 Å². The molecule has 6 heteroatoms. The van der Waals surface area contributed by atoms with Gasteiger partial charge in [0.2, 0.25) is 0 Å². The Kier molecular flexibility index (Phi) is 3.38. The van der Waals surface area contributed by atoms with Gasteiger partial charge in [-0.25, -0.2) is 0 Å². The molecule has 0 saturated heterocycles. The Balaban J connectivity index is 2.11. The summed E-state index contributed by atoms with van der Waals surface area (Å²) in [5.74, 6) is 0. The highest BCUT2D eigenvalue weighted by atomic mass is 35.5. The van der Waals surface area contributed by atoms with Gasteiger partial charge in [0.1, 0.15) is 0 Å². The fraction of sp³-hybridized carbons (Fsp3) is 0.455. The summed E-state index contributed by atoms with van der Waals surface area (Å²) >= 11 is 6.26. The molecule has 0 bridgehead atoms. The van der Waals surface area contributed by atoms with Crippen LogP contribution in [0.1, 0.15) is 18.3 Å². The molecule has 92 valence electrons. The Labute approximate surface area is 105 Å². The normalized spacial score (nSPS) is 10.8. The number of nitrogens with zero attached hydrogens (tertiary/aromatic N) is 4. The molecule has 17 heavy (non-hydrogen) atoms. The van der Waals surface area contributed by atoms with E-state index >= 15 is 0 Å². The molecule has 2 aromatic heterocycles. The first kappa shape index (κ1) is 12.0. The van der Waals surface area contributed by atoms with Gasteiger partial charge in [-0.1, -0.05) is 18.5 Å². The average molecular weight is 254 g/mol. The summed E-state index contributed by atoms with van der Waals surface area (Å²) < 4.78 is 3.58. The van der Waals surface area contributed by atoms with Crippen molar-refractivity contribution in [3.05, 3.63) is 28.8 Å². The number of halogens is 1. The quantitative estimate of drug-likeness (QED) is 0.907. The van der Waals surface area contributed by atoms with E-state index in [1.807, 2.05) is 31.9 Å². The summed E-state index contributed by atoms with van der Waals surface area (Å²) in [6.07, 6.45) is 4.55. The van der Waals surface area contributed by atoms with Gasteiger partial charge in [-0.15, -0.1) is 0 Å². The third-order valence-electron chi connectivity index (χ3n) is 2.67. The van der Waals surface area contributed by atoms with Gasteiger partial charge >= 0.3 is 0 Å². The van der Waals surface area contributed by atoms with Crippen LogP contribution in [-0.2, 0) is 27.1 Å². The number of hydrogen-bond acceptors (Lipinski definition) is 3. The first-order valence-corrected chi connectivity index (χ1v) is 5.92. The van der Waals surface area contributed by atoms with Gasteiger partial charge < -0.3 is 5.32 Å². The lowest BCUT2D eigenvalue weighted by atomic mass is 10.3. The maximum Gasteiger partial charge on any atom is 0.0868 e. The zero-order valence-corrected chi connectivity index (χ0v) is 11.0. The Morgan fingerprint density at radius 1 is 1.41 bits per heavy atom. The highest BCUT2D eigenvalue weighted by Gasteiger charge is 2.12. The van der Waals surface area contributed by atoms with Crippen LogP contribution in [0.15, 0.2) is 12.4 Å². The van der Waals surface area contributed by atoms with E-state index in [2.05, 4.69) is 15.5 Å². The predicted octanol–water partition coefficient (Wildman–Crippen LogP) is 1.98. The zero-order valence-electron chi connectivity index (χ0n) is 10.2. The van der Waals surface area contributed by atoms with E-state index in [9.17, 15) is 0 Å². The van der Waals surface area contributed by atoms with Crippen molar-refractivity contribution in [2.75, 3.05) is 5.32 Å². The summed E-state index contributed by atoms with van der Waals surface area (Å²) in [6, 6.07) is 0. The number of aryl methyl sites for hydroxylation is 3. The largest absolute Gasteiger partial charge is 0.377 e. The van der Waals surface area contributed by atoms with Crippen LogP contribution in [0.25, 0.3) is 0 Å². The van der Waals surface area contributed by atoms with Crippen molar-refractivity contribution in [1.82, 2.24) is 19.6 Å². The third-order valence-corrected chi connectivity index (χ3v) is 3.10. The fourth-order valence-corrected chi connectivity index (χ4v) is 2.07. The van der Waals surface area contributed by atoms with Gasteiger partial charge in [0.05, 0.1) is 34.8 Å². The highest BCUT2D eigenvalue weighted by Crippen LogP contribution is 2.21. The monoisotopic (exact) mass is 253 g/mol. The molecule has 0 aromatic carbocycles. The van der Waals surface area contributed by atoms with Gasteiger partial charge in [0.25, 0.3) is 0 Å². The van der Waals surface area contributed by atoms with Gasteiger partial charge in [-0.05, 0) is 6.42 Å². The lowest BCUT2D eigenvalue weighted by molar-refractivity contribution is 0.707. The first-order chi connectivity index (χ1) is 8.11. The number of rotatable bonds is 4. The van der Waals surface area contributed by atoms with Crippen molar-refractivity contribution in [2.45, 2.75) is 19.9 Å². The summed E-state index contributed by atoms with van der Waals surface area (Å²) in [5.41, 5.74) is 2.91. The van der Waals surface area contributed by atoms with Crippen molar-refractivity contribution in [1.29, 1.82) is 0 Å². The minimum atomic E-state index is 0.647. The second-order valence-electron chi connectivity index (χ2n) is 3.94. The van der Waals surface area contributed by atoms with Crippen LogP contribution in [-0.4, -0.2) is 19.6 Å². The maximum absolute atomic E-state index is 6.26. The molecule has 0 aliphatic carbocycles. The molecule has 1 N–H and O–H groups in total. The minimum Gasteiger partial charge on any atom is -0.377 e. The molecule has 0 spiro atoms. The second kappa shape index (κ2) is 4.79. The second-order valence-corrected chi connectivity index (χ2v) is 4.32. The Morgan fingerprint density at radius 3 is 2.71 bits per heavy atom. The van der Waals surface area contributed by atoms with Gasteiger partial charge in [-0.3, -0.25) is 9.36 Å².